The van der Waals surface area contributed by atoms with Crippen LogP contribution in [0.1, 0.15) is 5.56 Å². The first-order valence-electron chi connectivity index (χ1n) is 6.61. The Morgan fingerprint density at radius 3 is 2.08 bits per heavy atom. The quantitative estimate of drug-likeness (QED) is 0.191. The first kappa shape index (κ1) is 22.2. The third-order valence-corrected chi connectivity index (χ3v) is 6.05. The minimum Gasteiger partial charge on any atom is -0.207 e. The van der Waals surface area contributed by atoms with Crippen molar-refractivity contribution >= 4 is 56.9 Å². The monoisotopic (exact) mass is 625 g/mol. The van der Waals surface area contributed by atoms with Crippen molar-refractivity contribution in [3.05, 3.63) is 62.7 Å². The zero-order valence-corrected chi connectivity index (χ0v) is 17.4. The second-order valence-electron chi connectivity index (χ2n) is 5.16. The molecular weight excluding hydrogens is 618 g/mol. The Kier molecular flexibility index (Phi) is 6.34. The van der Waals surface area contributed by atoms with Gasteiger partial charge in [0.15, 0.2) is 0 Å². The van der Waals surface area contributed by atoms with E-state index in [1.165, 1.54) is 24.6 Å². The van der Waals surface area contributed by atoms with Gasteiger partial charge in [0.2, 0.25) is 0 Å². The maximum atomic E-state index is 14.1. The van der Waals surface area contributed by atoms with Gasteiger partial charge < -0.3 is 0 Å². The molecule has 0 spiro atoms. The molecule has 0 fully saturated rings. The van der Waals surface area contributed by atoms with Crippen LogP contribution in [0.15, 0.2) is 44.9 Å². The number of hydrogen-bond donors (Lipinski definition) is 0. The third-order valence-electron chi connectivity index (χ3n) is 3.23. The standard InChI is InChI=1S/C15H7F8I2S/c16-11-4-2-1-3-10(11)12(25)6-8(24)5-9(7-12)26-15(22,23)13(17,18)14(19,20)21/h1-7H. The fourth-order valence-electron chi connectivity index (χ4n) is 2.03. The number of alkyl halides is 8. The third kappa shape index (κ3) is 4.33. The predicted molar refractivity (Wildman–Crippen MR) is 100 cm³/mol. The van der Waals surface area contributed by atoms with E-state index in [9.17, 15) is 35.1 Å². The van der Waals surface area contributed by atoms with Crippen molar-refractivity contribution < 1.29 is 35.1 Å². The second-order valence-corrected chi connectivity index (χ2v) is 9.38. The summed E-state index contributed by atoms with van der Waals surface area (Å²) in [6.45, 7) is 0. The van der Waals surface area contributed by atoms with E-state index in [-0.39, 0.29) is 9.14 Å². The lowest BCUT2D eigenvalue weighted by molar-refractivity contribution is -0.330. The Bertz CT molecular complexity index is 756. The molecule has 0 nitrogen and oxygen atoms in total. The average molecular weight is 625 g/mol. The van der Waals surface area contributed by atoms with E-state index in [0.717, 1.165) is 18.2 Å². The number of halogens is 10. The Balaban J connectivity index is 2.43. The molecule has 2 rings (SSSR count). The lowest BCUT2D eigenvalue weighted by Crippen LogP contribution is -2.50. The molecule has 0 aliphatic heterocycles. The van der Waals surface area contributed by atoms with Crippen LogP contribution in [0.25, 0.3) is 0 Å². The van der Waals surface area contributed by atoms with Crippen LogP contribution >= 0.6 is 56.9 Å². The number of allylic oxidation sites excluding steroid dienone is 3. The van der Waals surface area contributed by atoms with Crippen LogP contribution in [0.3, 0.4) is 0 Å². The molecule has 1 aliphatic rings. The second kappa shape index (κ2) is 7.41. The van der Waals surface area contributed by atoms with Crippen molar-refractivity contribution in [3.63, 3.8) is 0 Å². The average Bonchev–Trinajstić information content (AvgIpc) is 2.44. The van der Waals surface area contributed by atoms with Gasteiger partial charge in [-0.15, -0.1) is 0 Å². The van der Waals surface area contributed by atoms with E-state index in [1.807, 2.05) is 0 Å². The first-order chi connectivity index (χ1) is 11.7. The summed E-state index contributed by atoms with van der Waals surface area (Å²) in [6.07, 6.45) is -2.87. The van der Waals surface area contributed by atoms with Gasteiger partial charge in [0.25, 0.3) is 0 Å². The van der Waals surface area contributed by atoms with Crippen molar-refractivity contribution in [2.75, 3.05) is 0 Å². The summed E-state index contributed by atoms with van der Waals surface area (Å²) in [5.74, 6) is -6.89. The highest BCUT2D eigenvalue weighted by molar-refractivity contribution is 14.1. The summed E-state index contributed by atoms with van der Waals surface area (Å²) in [5, 5.41) is -5.44. The van der Waals surface area contributed by atoms with E-state index in [1.54, 1.807) is 45.2 Å². The molecule has 0 saturated heterocycles. The van der Waals surface area contributed by atoms with Crippen LogP contribution in [-0.2, 0) is 3.42 Å². The van der Waals surface area contributed by atoms with Gasteiger partial charge in [-0.3, -0.25) is 0 Å². The summed E-state index contributed by atoms with van der Waals surface area (Å²) in [5.41, 5.74) is 0.0619. The normalized spacial score (nSPS) is 22.1. The van der Waals surface area contributed by atoms with Crippen LogP contribution in [0.2, 0.25) is 0 Å². The van der Waals surface area contributed by atoms with Crippen LogP contribution in [-0.4, -0.2) is 17.4 Å². The zero-order chi connectivity index (χ0) is 20.0. The summed E-state index contributed by atoms with van der Waals surface area (Å²) in [7, 11) is 0. The van der Waals surface area contributed by atoms with Gasteiger partial charge in [-0.1, -0.05) is 40.8 Å². The molecule has 1 aliphatic carbocycles. The smallest absolute Gasteiger partial charge is 0.207 e. The highest BCUT2D eigenvalue weighted by atomic mass is 127. The molecule has 0 aromatic heterocycles. The molecule has 1 atom stereocenters. The van der Waals surface area contributed by atoms with E-state index in [4.69, 9.17) is 0 Å². The highest BCUT2D eigenvalue weighted by Gasteiger charge is 2.73. The van der Waals surface area contributed by atoms with Crippen molar-refractivity contribution in [1.82, 2.24) is 0 Å². The van der Waals surface area contributed by atoms with Gasteiger partial charge >= 0.3 is 17.4 Å². The zero-order valence-electron chi connectivity index (χ0n) is 12.2. The summed E-state index contributed by atoms with van der Waals surface area (Å²) < 4.78 is 104. The fraction of sp³-hybridized carbons (Fsp3) is 0.267. The Labute approximate surface area is 174 Å². The SMILES string of the molecule is Fc1ccccc1C1(I)[CH]C(I)=CC(SC(F)(F)C(F)(F)C(F)(F)F)=C1. The van der Waals surface area contributed by atoms with Gasteiger partial charge in [0.1, 0.15) is 5.82 Å². The highest BCUT2D eigenvalue weighted by Crippen LogP contribution is 2.56. The van der Waals surface area contributed by atoms with Crippen molar-refractivity contribution in [1.29, 1.82) is 0 Å². The maximum Gasteiger partial charge on any atom is 0.460 e. The Hall–Kier alpha value is -0.0500. The minimum absolute atomic E-state index is 0.0619. The van der Waals surface area contributed by atoms with Crippen LogP contribution in [0.5, 0.6) is 0 Å². The largest absolute Gasteiger partial charge is 0.460 e. The van der Waals surface area contributed by atoms with Crippen LogP contribution in [0, 0.1) is 12.2 Å². The van der Waals surface area contributed by atoms with Gasteiger partial charge in [-0.2, -0.15) is 30.7 Å². The summed E-state index contributed by atoms with van der Waals surface area (Å²) >= 11 is 2.50. The molecule has 0 N–H and O–H groups in total. The summed E-state index contributed by atoms with van der Waals surface area (Å²) in [4.78, 5) is -0.525. The molecule has 26 heavy (non-hydrogen) atoms. The predicted octanol–water partition coefficient (Wildman–Crippen LogP) is 7.40. The van der Waals surface area contributed by atoms with Crippen molar-refractivity contribution in [2.24, 2.45) is 0 Å². The Morgan fingerprint density at radius 2 is 1.54 bits per heavy atom. The number of benzene rings is 1. The summed E-state index contributed by atoms with van der Waals surface area (Å²) in [6, 6.07) is 5.39. The van der Waals surface area contributed by atoms with E-state index >= 15 is 0 Å². The fourth-order valence-corrected chi connectivity index (χ4v) is 5.96. The topological polar surface area (TPSA) is 0 Å². The van der Waals surface area contributed by atoms with Gasteiger partial charge in [-0.25, -0.2) is 4.39 Å². The number of hydrogen-bond acceptors (Lipinski definition) is 1. The lowest BCUT2D eigenvalue weighted by Gasteiger charge is -2.31. The lowest BCUT2D eigenvalue weighted by atomic mass is 9.92. The molecule has 1 aromatic carbocycles. The van der Waals surface area contributed by atoms with Gasteiger partial charge in [0.05, 0.1) is 3.42 Å². The molecule has 0 bridgehead atoms. The van der Waals surface area contributed by atoms with Crippen LogP contribution in [0.4, 0.5) is 35.1 Å². The molecule has 1 unspecified atom stereocenters. The number of thioether (sulfide) groups is 1. The molecule has 0 amide bonds. The molecule has 11 heteroatoms. The maximum absolute atomic E-state index is 14.1. The molecule has 0 saturated carbocycles. The molecule has 1 aromatic rings. The Morgan fingerprint density at radius 1 is 0.962 bits per heavy atom. The van der Waals surface area contributed by atoms with Crippen molar-refractivity contribution in [3.8, 4) is 0 Å². The van der Waals surface area contributed by atoms with E-state index < -0.39 is 43.3 Å². The van der Waals surface area contributed by atoms with E-state index in [2.05, 4.69) is 0 Å². The van der Waals surface area contributed by atoms with Crippen LogP contribution < -0.4 is 0 Å². The van der Waals surface area contributed by atoms with E-state index in [0.29, 0.717) is 0 Å². The van der Waals surface area contributed by atoms with Crippen molar-refractivity contribution in [2.45, 2.75) is 20.8 Å². The minimum atomic E-state index is -6.41. The number of rotatable bonds is 4. The first-order valence-corrected chi connectivity index (χ1v) is 9.58. The molecule has 1 radical (unpaired) electrons. The molecule has 0 heterocycles. The molecule has 143 valence electrons. The van der Waals surface area contributed by atoms with Gasteiger partial charge in [0, 0.05) is 16.9 Å². The van der Waals surface area contributed by atoms with Gasteiger partial charge in [-0.05, 0) is 56.2 Å². The molecular formula is C15H7F8I2S.